The van der Waals surface area contributed by atoms with Crippen LogP contribution in [0.4, 0.5) is 16.2 Å². The molecule has 13 heteroatoms. The van der Waals surface area contributed by atoms with E-state index in [1.165, 1.54) is 49.4 Å². The highest BCUT2D eigenvalue weighted by Gasteiger charge is 2.49. The molecule has 1 aromatic heterocycles. The number of nitrogens with one attached hydrogen (secondary N) is 1. The number of imide groups is 1. The van der Waals surface area contributed by atoms with Crippen LogP contribution >= 0.6 is 0 Å². The molecule has 13 nitrogen and oxygen atoms in total. The third-order valence-corrected chi connectivity index (χ3v) is 4.99. The zero-order valence-corrected chi connectivity index (χ0v) is 16.4. The van der Waals surface area contributed by atoms with Gasteiger partial charge in [-0.1, -0.05) is 29.4 Å². The number of nitro groups is 2. The van der Waals surface area contributed by atoms with Crippen LogP contribution in [0, 0.1) is 20.2 Å². The van der Waals surface area contributed by atoms with Crippen LogP contribution in [0.3, 0.4) is 0 Å². The number of amides is 3. The van der Waals surface area contributed by atoms with Gasteiger partial charge in [-0.15, -0.1) is 0 Å². The van der Waals surface area contributed by atoms with Crippen molar-refractivity contribution in [2.45, 2.75) is 19.0 Å². The molecule has 1 aliphatic rings. The van der Waals surface area contributed by atoms with Crippen LogP contribution in [0.25, 0.3) is 11.4 Å². The number of urea groups is 1. The van der Waals surface area contributed by atoms with Crippen molar-refractivity contribution in [3.05, 3.63) is 80.2 Å². The lowest BCUT2D eigenvalue weighted by molar-refractivity contribution is -0.385. The topological polar surface area (TPSA) is 175 Å². The van der Waals surface area contributed by atoms with E-state index in [0.29, 0.717) is 5.56 Å². The Morgan fingerprint density at radius 2 is 1.72 bits per heavy atom. The van der Waals surface area contributed by atoms with Crippen LogP contribution in [0.15, 0.2) is 53.1 Å². The number of carbonyl (C=O) groups is 2. The third kappa shape index (κ3) is 3.51. The fourth-order valence-corrected chi connectivity index (χ4v) is 3.30. The molecule has 2 aromatic carbocycles. The standard InChI is InChI=1S/C19H14N6O7/c1-19(12-5-3-7-14(9-12)25(30)31)17(26)23(18(27)21-19)10-15-20-16(22-32-15)11-4-2-6-13(8-11)24(28)29/h2-9H,10H2,1H3,(H,21,27). The first-order valence-corrected chi connectivity index (χ1v) is 9.15. The number of aromatic nitrogens is 2. The lowest BCUT2D eigenvalue weighted by Gasteiger charge is -2.21. The van der Waals surface area contributed by atoms with Crippen LogP contribution < -0.4 is 5.32 Å². The van der Waals surface area contributed by atoms with E-state index in [9.17, 15) is 29.8 Å². The SMILES string of the molecule is CC1(c2cccc([N+](=O)[O-])c2)NC(=O)N(Cc2nc(-c3cccc([N+](=O)[O-])c3)no2)C1=O. The minimum absolute atomic E-state index is 0.0530. The fraction of sp³-hybridized carbons (Fsp3) is 0.158. The number of hydrogen-bond acceptors (Lipinski definition) is 9. The highest BCUT2D eigenvalue weighted by Crippen LogP contribution is 2.31. The second kappa shape index (κ2) is 7.54. The van der Waals surface area contributed by atoms with Crippen molar-refractivity contribution in [1.29, 1.82) is 0 Å². The summed E-state index contributed by atoms with van der Waals surface area (Å²) in [5.74, 6) is -0.673. The van der Waals surface area contributed by atoms with Crippen molar-refractivity contribution in [2.75, 3.05) is 0 Å². The minimum Gasteiger partial charge on any atom is -0.337 e. The highest BCUT2D eigenvalue weighted by molar-refractivity contribution is 6.07. The van der Waals surface area contributed by atoms with Gasteiger partial charge in [0, 0.05) is 29.8 Å². The van der Waals surface area contributed by atoms with Crippen LogP contribution in [0.5, 0.6) is 0 Å². The quantitative estimate of drug-likeness (QED) is 0.344. The molecular formula is C19H14N6O7. The van der Waals surface area contributed by atoms with E-state index in [4.69, 9.17) is 4.52 Å². The van der Waals surface area contributed by atoms with E-state index < -0.39 is 27.3 Å². The Labute approximate surface area is 178 Å². The fourth-order valence-electron chi connectivity index (χ4n) is 3.30. The van der Waals surface area contributed by atoms with Gasteiger partial charge in [-0.3, -0.25) is 29.9 Å². The van der Waals surface area contributed by atoms with Crippen LogP contribution in [0.1, 0.15) is 18.4 Å². The number of carbonyl (C=O) groups excluding carboxylic acids is 2. The molecule has 0 saturated carbocycles. The van der Waals surface area contributed by atoms with Gasteiger partial charge in [0.15, 0.2) is 0 Å². The summed E-state index contributed by atoms with van der Waals surface area (Å²) in [6.07, 6.45) is 0. The molecule has 2 heterocycles. The Bertz CT molecular complexity index is 1270. The first kappa shape index (κ1) is 20.6. The summed E-state index contributed by atoms with van der Waals surface area (Å²) in [7, 11) is 0. The maximum atomic E-state index is 13.0. The maximum absolute atomic E-state index is 13.0. The van der Waals surface area contributed by atoms with Gasteiger partial charge in [0.25, 0.3) is 17.3 Å². The van der Waals surface area contributed by atoms with E-state index in [1.54, 1.807) is 6.07 Å². The maximum Gasteiger partial charge on any atom is 0.325 e. The van der Waals surface area contributed by atoms with Crippen molar-refractivity contribution >= 4 is 23.3 Å². The Balaban J connectivity index is 1.57. The van der Waals surface area contributed by atoms with E-state index in [-0.39, 0.29) is 35.2 Å². The number of nitro benzene ring substituents is 2. The number of rotatable bonds is 6. The lowest BCUT2D eigenvalue weighted by atomic mass is 9.91. The molecule has 1 N–H and O–H groups in total. The molecule has 32 heavy (non-hydrogen) atoms. The molecule has 1 aliphatic heterocycles. The number of benzene rings is 2. The van der Waals surface area contributed by atoms with Crippen molar-refractivity contribution < 1.29 is 24.0 Å². The predicted molar refractivity (Wildman–Crippen MR) is 106 cm³/mol. The molecule has 3 amide bonds. The zero-order chi connectivity index (χ0) is 23.0. The van der Waals surface area contributed by atoms with Crippen molar-refractivity contribution in [2.24, 2.45) is 0 Å². The van der Waals surface area contributed by atoms with Gasteiger partial charge in [0.2, 0.25) is 11.7 Å². The minimum atomic E-state index is -1.52. The summed E-state index contributed by atoms with van der Waals surface area (Å²) in [5.41, 5.74) is -1.33. The van der Waals surface area contributed by atoms with E-state index in [1.807, 2.05) is 0 Å². The average Bonchev–Trinajstić information content (AvgIpc) is 3.33. The van der Waals surface area contributed by atoms with Gasteiger partial charge in [-0.25, -0.2) is 4.79 Å². The van der Waals surface area contributed by atoms with Crippen molar-refractivity contribution in [3.63, 3.8) is 0 Å². The predicted octanol–water partition coefficient (Wildman–Crippen LogP) is 2.52. The summed E-state index contributed by atoms with van der Waals surface area (Å²) in [6.45, 7) is 1.09. The first-order valence-electron chi connectivity index (χ1n) is 9.15. The Kier molecular flexibility index (Phi) is 4.85. The molecule has 1 unspecified atom stereocenters. The molecule has 0 aliphatic carbocycles. The van der Waals surface area contributed by atoms with E-state index >= 15 is 0 Å². The summed E-state index contributed by atoms with van der Waals surface area (Å²) >= 11 is 0. The Morgan fingerprint density at radius 1 is 1.06 bits per heavy atom. The van der Waals surface area contributed by atoms with Gasteiger partial charge < -0.3 is 9.84 Å². The largest absolute Gasteiger partial charge is 0.337 e. The van der Waals surface area contributed by atoms with Crippen LogP contribution in [-0.2, 0) is 16.9 Å². The van der Waals surface area contributed by atoms with Gasteiger partial charge in [-0.05, 0) is 12.5 Å². The molecule has 1 atom stereocenters. The average molecular weight is 438 g/mol. The molecule has 162 valence electrons. The highest BCUT2D eigenvalue weighted by atomic mass is 16.6. The van der Waals surface area contributed by atoms with Crippen LogP contribution in [0.2, 0.25) is 0 Å². The number of nitrogens with zero attached hydrogens (tertiary/aromatic N) is 5. The van der Waals surface area contributed by atoms with Gasteiger partial charge in [-0.2, -0.15) is 4.98 Å². The van der Waals surface area contributed by atoms with Crippen molar-refractivity contribution in [3.8, 4) is 11.4 Å². The summed E-state index contributed by atoms with van der Waals surface area (Å²) in [4.78, 5) is 51.3. The molecule has 4 rings (SSSR count). The molecular weight excluding hydrogens is 424 g/mol. The van der Waals surface area contributed by atoms with Crippen LogP contribution in [-0.4, -0.2) is 36.8 Å². The summed E-state index contributed by atoms with van der Waals surface area (Å²) in [5, 5.41) is 28.3. The normalized spacial score (nSPS) is 18.0. The second-order valence-electron chi connectivity index (χ2n) is 7.07. The summed E-state index contributed by atoms with van der Waals surface area (Å²) < 4.78 is 5.11. The number of non-ortho nitro benzene ring substituents is 2. The second-order valence-corrected chi connectivity index (χ2v) is 7.07. The third-order valence-electron chi connectivity index (χ3n) is 4.99. The Morgan fingerprint density at radius 3 is 2.41 bits per heavy atom. The lowest BCUT2D eigenvalue weighted by Crippen LogP contribution is -2.40. The van der Waals surface area contributed by atoms with Crippen molar-refractivity contribution in [1.82, 2.24) is 20.4 Å². The van der Waals surface area contributed by atoms with E-state index in [2.05, 4.69) is 15.5 Å². The number of hydrogen-bond donors (Lipinski definition) is 1. The molecule has 0 bridgehead atoms. The van der Waals surface area contributed by atoms with Gasteiger partial charge in [0.05, 0.1) is 9.85 Å². The molecule has 3 aromatic rings. The molecule has 0 spiro atoms. The summed E-state index contributed by atoms with van der Waals surface area (Å²) in [6, 6.07) is 10.3. The first-order chi connectivity index (χ1) is 15.2. The Hall–Kier alpha value is -4.68. The molecule has 1 fully saturated rings. The van der Waals surface area contributed by atoms with Gasteiger partial charge in [0.1, 0.15) is 12.1 Å². The molecule has 0 radical (unpaired) electrons. The monoisotopic (exact) mass is 438 g/mol. The zero-order valence-electron chi connectivity index (χ0n) is 16.4. The molecule has 1 saturated heterocycles. The van der Waals surface area contributed by atoms with Gasteiger partial charge >= 0.3 is 6.03 Å². The smallest absolute Gasteiger partial charge is 0.325 e. The van der Waals surface area contributed by atoms with E-state index in [0.717, 1.165) is 4.90 Å².